The number of carbonyl (C=O) groups excluding carboxylic acids is 1. The van der Waals surface area contributed by atoms with Gasteiger partial charge in [-0.05, 0) is 43.2 Å². The minimum absolute atomic E-state index is 0.0847. The van der Waals surface area contributed by atoms with Crippen molar-refractivity contribution in [3.05, 3.63) is 61.6 Å². The van der Waals surface area contributed by atoms with E-state index in [1.807, 2.05) is 26.0 Å². The Bertz CT molecular complexity index is 883. The van der Waals surface area contributed by atoms with Crippen LogP contribution in [0.25, 0.3) is 0 Å². The monoisotopic (exact) mass is 421 g/mol. The minimum atomic E-state index is -0.715. The Labute approximate surface area is 157 Å². The van der Waals surface area contributed by atoms with Crippen molar-refractivity contribution in [3.8, 4) is 11.5 Å². The van der Waals surface area contributed by atoms with Crippen molar-refractivity contribution in [3.63, 3.8) is 0 Å². The number of phenols is 1. The lowest BCUT2D eigenvalue weighted by molar-refractivity contribution is -0.385. The van der Waals surface area contributed by atoms with Gasteiger partial charge in [-0.1, -0.05) is 22.0 Å². The summed E-state index contributed by atoms with van der Waals surface area (Å²) >= 11 is 3.11. The van der Waals surface area contributed by atoms with Gasteiger partial charge in [0, 0.05) is 16.1 Å². The Hall–Kier alpha value is -2.94. The quantitative estimate of drug-likeness (QED) is 0.422. The molecule has 0 unspecified atom stereocenters. The molecule has 8 nitrogen and oxygen atoms in total. The van der Waals surface area contributed by atoms with Crippen LogP contribution >= 0.6 is 15.9 Å². The van der Waals surface area contributed by atoms with Crippen molar-refractivity contribution in [2.45, 2.75) is 13.8 Å². The Kier molecular flexibility index (Phi) is 6.29. The SMILES string of the molecule is Cc1ccc(OCC(=O)NN=Cc2cc(Br)cc([N+](=O)[O-])c2O)cc1C. The molecule has 2 rings (SSSR count). The molecule has 0 aromatic heterocycles. The fourth-order valence-electron chi connectivity index (χ4n) is 2.00. The van der Waals surface area contributed by atoms with Gasteiger partial charge in [0.1, 0.15) is 5.75 Å². The number of hydrazone groups is 1. The topological polar surface area (TPSA) is 114 Å². The summed E-state index contributed by atoms with van der Waals surface area (Å²) in [5.41, 5.74) is 4.02. The van der Waals surface area contributed by atoms with E-state index in [0.29, 0.717) is 10.2 Å². The number of amides is 1. The van der Waals surface area contributed by atoms with E-state index in [1.165, 1.54) is 12.1 Å². The van der Waals surface area contributed by atoms with Crippen LogP contribution in [-0.2, 0) is 4.79 Å². The van der Waals surface area contributed by atoms with Crippen molar-refractivity contribution >= 4 is 33.7 Å². The van der Waals surface area contributed by atoms with Gasteiger partial charge >= 0.3 is 5.69 Å². The average Bonchev–Trinajstić information content (AvgIpc) is 2.58. The van der Waals surface area contributed by atoms with Gasteiger partial charge in [-0.25, -0.2) is 5.43 Å². The van der Waals surface area contributed by atoms with E-state index in [0.717, 1.165) is 17.3 Å². The van der Waals surface area contributed by atoms with E-state index >= 15 is 0 Å². The zero-order valence-electron chi connectivity index (χ0n) is 14.0. The molecule has 0 spiro atoms. The molecule has 0 radical (unpaired) electrons. The second kappa shape index (κ2) is 8.43. The molecule has 0 aliphatic rings. The molecular weight excluding hydrogens is 406 g/mol. The third kappa shape index (κ3) is 5.03. The molecule has 2 aromatic carbocycles. The fraction of sp³-hybridized carbons (Fsp3) is 0.176. The maximum absolute atomic E-state index is 11.8. The lowest BCUT2D eigenvalue weighted by Gasteiger charge is -2.07. The molecule has 0 fully saturated rings. The van der Waals surface area contributed by atoms with Gasteiger partial charge in [-0.15, -0.1) is 0 Å². The van der Waals surface area contributed by atoms with E-state index in [-0.39, 0.29) is 12.2 Å². The second-order valence-electron chi connectivity index (χ2n) is 5.45. The number of aromatic hydroxyl groups is 1. The van der Waals surface area contributed by atoms with Crippen LogP contribution in [0.4, 0.5) is 5.69 Å². The number of nitro groups is 1. The first-order valence-electron chi connectivity index (χ1n) is 7.47. The van der Waals surface area contributed by atoms with Gasteiger partial charge in [-0.3, -0.25) is 14.9 Å². The van der Waals surface area contributed by atoms with Gasteiger partial charge < -0.3 is 9.84 Å². The number of nitrogens with zero attached hydrogens (tertiary/aromatic N) is 2. The lowest BCUT2D eigenvalue weighted by Crippen LogP contribution is -2.24. The van der Waals surface area contributed by atoms with E-state index in [4.69, 9.17) is 4.74 Å². The smallest absolute Gasteiger partial charge is 0.312 e. The van der Waals surface area contributed by atoms with Crippen molar-refractivity contribution in [2.75, 3.05) is 6.61 Å². The molecule has 2 aromatic rings. The Morgan fingerprint density at radius 1 is 1.35 bits per heavy atom. The summed E-state index contributed by atoms with van der Waals surface area (Å²) in [6.07, 6.45) is 1.11. The van der Waals surface area contributed by atoms with Crippen molar-refractivity contribution < 1.29 is 19.6 Å². The highest BCUT2D eigenvalue weighted by molar-refractivity contribution is 9.10. The molecule has 0 aliphatic heterocycles. The molecule has 1 amide bonds. The number of halogens is 1. The number of benzene rings is 2. The van der Waals surface area contributed by atoms with Crippen LogP contribution in [0, 0.1) is 24.0 Å². The number of phenolic OH excluding ortho intramolecular Hbond substituents is 1. The van der Waals surface area contributed by atoms with Crippen molar-refractivity contribution in [1.82, 2.24) is 5.43 Å². The summed E-state index contributed by atoms with van der Waals surface area (Å²) in [6.45, 7) is 3.67. The number of aryl methyl sites for hydroxylation is 2. The summed E-state index contributed by atoms with van der Waals surface area (Å²) in [5, 5.41) is 24.4. The Morgan fingerprint density at radius 3 is 2.73 bits per heavy atom. The van der Waals surface area contributed by atoms with Gasteiger partial charge in [0.2, 0.25) is 5.75 Å². The number of ether oxygens (including phenoxy) is 1. The van der Waals surface area contributed by atoms with Gasteiger partial charge in [-0.2, -0.15) is 5.10 Å². The largest absolute Gasteiger partial charge is 0.502 e. The molecule has 0 saturated heterocycles. The summed E-state index contributed by atoms with van der Waals surface area (Å²) in [4.78, 5) is 21.9. The standard InChI is InChI=1S/C17H16BrN3O5/c1-10-3-4-14(5-11(10)2)26-9-16(22)20-19-8-12-6-13(18)7-15(17(12)23)21(24)25/h3-8,23H,9H2,1-2H3,(H,20,22). The van der Waals surface area contributed by atoms with Crippen LogP contribution in [0.5, 0.6) is 11.5 Å². The molecule has 136 valence electrons. The highest BCUT2D eigenvalue weighted by Crippen LogP contribution is 2.32. The van der Waals surface area contributed by atoms with E-state index < -0.39 is 22.3 Å². The maximum Gasteiger partial charge on any atom is 0.312 e. The van der Waals surface area contributed by atoms with E-state index in [2.05, 4.69) is 26.5 Å². The van der Waals surface area contributed by atoms with Crippen LogP contribution in [0.1, 0.15) is 16.7 Å². The zero-order valence-corrected chi connectivity index (χ0v) is 15.6. The van der Waals surface area contributed by atoms with Crippen LogP contribution in [0.15, 0.2) is 39.9 Å². The first-order valence-corrected chi connectivity index (χ1v) is 8.26. The van der Waals surface area contributed by atoms with E-state index in [9.17, 15) is 20.0 Å². The summed E-state index contributed by atoms with van der Waals surface area (Å²) in [6, 6.07) is 8.08. The zero-order chi connectivity index (χ0) is 19.3. The average molecular weight is 422 g/mol. The first-order chi connectivity index (χ1) is 12.3. The second-order valence-corrected chi connectivity index (χ2v) is 6.36. The van der Waals surface area contributed by atoms with Gasteiger partial charge in [0.25, 0.3) is 5.91 Å². The highest BCUT2D eigenvalue weighted by atomic mass is 79.9. The molecule has 26 heavy (non-hydrogen) atoms. The fourth-order valence-corrected chi connectivity index (χ4v) is 2.47. The van der Waals surface area contributed by atoms with E-state index in [1.54, 1.807) is 6.07 Å². The third-order valence-electron chi connectivity index (χ3n) is 3.52. The molecule has 2 N–H and O–H groups in total. The Balaban J connectivity index is 1.96. The van der Waals surface area contributed by atoms with Crippen LogP contribution in [0.2, 0.25) is 0 Å². The molecule has 0 aliphatic carbocycles. The van der Waals surface area contributed by atoms with Gasteiger partial charge in [0.05, 0.1) is 11.1 Å². The van der Waals surface area contributed by atoms with Crippen LogP contribution in [0.3, 0.4) is 0 Å². The number of rotatable bonds is 6. The minimum Gasteiger partial charge on any atom is -0.502 e. The molecule has 0 bridgehead atoms. The normalized spacial score (nSPS) is 10.7. The summed E-state index contributed by atoms with van der Waals surface area (Å²) < 4.78 is 5.76. The first kappa shape index (κ1) is 19.4. The number of nitro benzene ring substituents is 1. The summed E-state index contributed by atoms with van der Waals surface area (Å²) in [5.74, 6) is -0.487. The predicted octanol–water partition coefficient (Wildman–Crippen LogP) is 3.21. The highest BCUT2D eigenvalue weighted by Gasteiger charge is 2.17. The van der Waals surface area contributed by atoms with Gasteiger partial charge in [0.15, 0.2) is 6.61 Å². The summed E-state index contributed by atoms with van der Waals surface area (Å²) in [7, 11) is 0. The molecule has 0 saturated carbocycles. The van der Waals surface area contributed by atoms with Crippen molar-refractivity contribution in [1.29, 1.82) is 0 Å². The number of hydrogen-bond donors (Lipinski definition) is 2. The molecule has 9 heteroatoms. The maximum atomic E-state index is 11.8. The number of hydrogen-bond acceptors (Lipinski definition) is 6. The molecule has 0 heterocycles. The van der Waals surface area contributed by atoms with Crippen LogP contribution < -0.4 is 10.2 Å². The van der Waals surface area contributed by atoms with Crippen LogP contribution in [-0.4, -0.2) is 28.8 Å². The lowest BCUT2D eigenvalue weighted by atomic mass is 10.1. The number of nitrogens with one attached hydrogen (secondary N) is 1. The van der Waals surface area contributed by atoms with Crippen molar-refractivity contribution in [2.24, 2.45) is 5.10 Å². The number of carbonyl (C=O) groups is 1. The Morgan fingerprint density at radius 2 is 2.08 bits per heavy atom. The predicted molar refractivity (Wildman–Crippen MR) is 99.6 cm³/mol. The molecule has 0 atom stereocenters. The molecular formula is C17H16BrN3O5. The third-order valence-corrected chi connectivity index (χ3v) is 3.98.